The molecule has 25 heavy (non-hydrogen) atoms. The lowest BCUT2D eigenvalue weighted by Gasteiger charge is -2.17. The molecule has 0 unspecified atom stereocenters. The Labute approximate surface area is 155 Å². The minimum absolute atomic E-state index is 0.0164. The summed E-state index contributed by atoms with van der Waals surface area (Å²) in [5, 5.41) is 5.46. The predicted molar refractivity (Wildman–Crippen MR) is 96.6 cm³/mol. The van der Waals surface area contributed by atoms with Crippen LogP contribution in [0.2, 0.25) is 0 Å². The molecule has 1 fully saturated rings. The van der Waals surface area contributed by atoms with E-state index in [1.54, 1.807) is 24.3 Å². The molecule has 2 amide bonds. The van der Waals surface area contributed by atoms with E-state index < -0.39 is 12.0 Å². The largest absolute Gasteiger partial charge is 0.467 e. The number of rotatable bonds is 7. The molecule has 0 spiro atoms. The second-order valence-electron chi connectivity index (χ2n) is 6.10. The maximum atomic E-state index is 12.1. The maximum absolute atomic E-state index is 12.1. The first-order chi connectivity index (χ1) is 12.0. The number of benzene rings is 1. The average molecular weight is 411 g/mol. The highest BCUT2D eigenvalue weighted by atomic mass is 79.9. The van der Waals surface area contributed by atoms with Gasteiger partial charge in [0.05, 0.1) is 7.11 Å². The number of carbonyl (C=O) groups excluding carboxylic acids is 3. The van der Waals surface area contributed by atoms with Gasteiger partial charge >= 0.3 is 5.97 Å². The third-order valence-corrected chi connectivity index (χ3v) is 4.85. The standard InChI is InChI=1S/C18H23BrN2O4/c1-25-18(24)16(12-6-8-14(19)9-7-12)21-15(22)10-11-20-17(23)13-4-2-3-5-13/h6-9,13,16H,2-5,10-11H2,1H3,(H,20,23)(H,21,22)/t16-/m1/s1. The van der Waals surface area contributed by atoms with Crippen LogP contribution in [0.25, 0.3) is 0 Å². The molecule has 0 bridgehead atoms. The molecule has 0 heterocycles. The summed E-state index contributed by atoms with van der Waals surface area (Å²) < 4.78 is 5.65. The van der Waals surface area contributed by atoms with Crippen molar-refractivity contribution in [3.05, 3.63) is 34.3 Å². The molecule has 0 saturated heterocycles. The number of amides is 2. The van der Waals surface area contributed by atoms with Gasteiger partial charge in [-0.1, -0.05) is 40.9 Å². The molecule has 1 aromatic rings. The normalized spacial score (nSPS) is 15.4. The minimum atomic E-state index is -0.865. The van der Waals surface area contributed by atoms with Gasteiger partial charge in [0.2, 0.25) is 11.8 Å². The van der Waals surface area contributed by atoms with Crippen molar-refractivity contribution in [3.63, 3.8) is 0 Å². The second-order valence-corrected chi connectivity index (χ2v) is 7.01. The maximum Gasteiger partial charge on any atom is 0.333 e. The van der Waals surface area contributed by atoms with Gasteiger partial charge in [-0.15, -0.1) is 0 Å². The van der Waals surface area contributed by atoms with E-state index in [0.717, 1.165) is 30.2 Å². The summed E-state index contributed by atoms with van der Waals surface area (Å²) in [7, 11) is 1.28. The summed E-state index contributed by atoms with van der Waals surface area (Å²) in [6.07, 6.45) is 4.14. The molecular weight excluding hydrogens is 388 g/mol. The summed E-state index contributed by atoms with van der Waals surface area (Å²) >= 11 is 3.33. The fourth-order valence-electron chi connectivity index (χ4n) is 2.92. The van der Waals surface area contributed by atoms with E-state index in [9.17, 15) is 14.4 Å². The number of hydrogen-bond donors (Lipinski definition) is 2. The number of nitrogens with one attached hydrogen (secondary N) is 2. The highest BCUT2D eigenvalue weighted by molar-refractivity contribution is 9.10. The van der Waals surface area contributed by atoms with Crippen LogP contribution in [0.4, 0.5) is 0 Å². The van der Waals surface area contributed by atoms with E-state index in [4.69, 9.17) is 4.74 Å². The van der Waals surface area contributed by atoms with Crippen LogP contribution in [0.3, 0.4) is 0 Å². The highest BCUT2D eigenvalue weighted by Gasteiger charge is 2.24. The minimum Gasteiger partial charge on any atom is -0.467 e. The Hall–Kier alpha value is -1.89. The third-order valence-electron chi connectivity index (χ3n) is 4.32. The van der Waals surface area contributed by atoms with Crippen molar-refractivity contribution in [2.24, 2.45) is 5.92 Å². The van der Waals surface area contributed by atoms with Gasteiger partial charge in [-0.3, -0.25) is 9.59 Å². The van der Waals surface area contributed by atoms with E-state index in [-0.39, 0.29) is 30.7 Å². The van der Waals surface area contributed by atoms with Crippen LogP contribution < -0.4 is 10.6 Å². The van der Waals surface area contributed by atoms with Gasteiger partial charge in [-0.05, 0) is 30.5 Å². The topological polar surface area (TPSA) is 84.5 Å². The smallest absolute Gasteiger partial charge is 0.333 e. The van der Waals surface area contributed by atoms with Crippen molar-refractivity contribution in [2.75, 3.05) is 13.7 Å². The van der Waals surface area contributed by atoms with E-state index >= 15 is 0 Å². The molecule has 6 nitrogen and oxygen atoms in total. The number of halogens is 1. The molecule has 1 atom stereocenters. The SMILES string of the molecule is COC(=O)[C@H](NC(=O)CCNC(=O)C1CCCC1)c1ccc(Br)cc1. The van der Waals surface area contributed by atoms with Crippen LogP contribution in [0.5, 0.6) is 0 Å². The van der Waals surface area contributed by atoms with Crippen LogP contribution in [-0.2, 0) is 19.1 Å². The molecule has 1 saturated carbocycles. The lowest BCUT2D eigenvalue weighted by Crippen LogP contribution is -2.37. The summed E-state index contributed by atoms with van der Waals surface area (Å²) in [5.74, 6) is -0.757. The molecule has 1 aliphatic carbocycles. The van der Waals surface area contributed by atoms with Crippen molar-refractivity contribution in [2.45, 2.75) is 38.1 Å². The van der Waals surface area contributed by atoms with Crippen molar-refractivity contribution in [3.8, 4) is 0 Å². The van der Waals surface area contributed by atoms with Crippen molar-refractivity contribution < 1.29 is 19.1 Å². The Kier molecular flexibility index (Phi) is 7.43. The monoisotopic (exact) mass is 410 g/mol. The molecule has 7 heteroatoms. The first-order valence-corrected chi connectivity index (χ1v) is 9.21. The number of methoxy groups -OCH3 is 1. The van der Waals surface area contributed by atoms with E-state index in [0.29, 0.717) is 5.56 Å². The molecule has 0 radical (unpaired) electrons. The molecule has 1 aliphatic rings. The van der Waals surface area contributed by atoms with Gasteiger partial charge in [-0.25, -0.2) is 4.79 Å². The van der Waals surface area contributed by atoms with Gasteiger partial charge in [0.25, 0.3) is 0 Å². The first-order valence-electron chi connectivity index (χ1n) is 8.41. The van der Waals surface area contributed by atoms with E-state index in [2.05, 4.69) is 26.6 Å². The lowest BCUT2D eigenvalue weighted by atomic mass is 10.1. The molecule has 0 aliphatic heterocycles. The fourth-order valence-corrected chi connectivity index (χ4v) is 3.18. The molecular formula is C18H23BrN2O4. The Morgan fingerprint density at radius 1 is 1.20 bits per heavy atom. The van der Waals surface area contributed by atoms with Gasteiger partial charge in [0.1, 0.15) is 0 Å². The van der Waals surface area contributed by atoms with E-state index in [1.165, 1.54) is 7.11 Å². The summed E-state index contributed by atoms with van der Waals surface area (Å²) in [5.41, 5.74) is 0.637. The van der Waals surface area contributed by atoms with Gasteiger partial charge in [0.15, 0.2) is 6.04 Å². The zero-order valence-corrected chi connectivity index (χ0v) is 15.8. The quantitative estimate of drug-likeness (QED) is 0.676. The fraction of sp³-hybridized carbons (Fsp3) is 0.500. The molecule has 136 valence electrons. The van der Waals surface area contributed by atoms with Gasteiger partial charge in [0, 0.05) is 23.4 Å². The first kappa shape index (κ1) is 19.4. The van der Waals surface area contributed by atoms with Crippen LogP contribution >= 0.6 is 15.9 Å². The number of ether oxygens (including phenoxy) is 1. The molecule has 0 aromatic heterocycles. The van der Waals surface area contributed by atoms with Crippen molar-refractivity contribution >= 4 is 33.7 Å². The number of carbonyl (C=O) groups is 3. The zero-order valence-electron chi connectivity index (χ0n) is 14.2. The summed E-state index contributed by atoms with van der Waals surface area (Å²) in [4.78, 5) is 36.0. The molecule has 2 rings (SSSR count). The Balaban J connectivity index is 1.85. The second kappa shape index (κ2) is 9.56. The number of esters is 1. The lowest BCUT2D eigenvalue weighted by molar-refractivity contribution is -0.145. The van der Waals surface area contributed by atoms with Gasteiger partial charge < -0.3 is 15.4 Å². The van der Waals surface area contributed by atoms with Crippen LogP contribution in [0, 0.1) is 5.92 Å². The van der Waals surface area contributed by atoms with Crippen molar-refractivity contribution in [1.82, 2.24) is 10.6 Å². The van der Waals surface area contributed by atoms with Crippen molar-refractivity contribution in [1.29, 1.82) is 0 Å². The number of hydrogen-bond acceptors (Lipinski definition) is 4. The highest BCUT2D eigenvalue weighted by Crippen LogP contribution is 2.24. The molecule has 1 aromatic carbocycles. The van der Waals surface area contributed by atoms with Crippen LogP contribution in [-0.4, -0.2) is 31.4 Å². The Bertz CT molecular complexity index is 612. The Morgan fingerprint density at radius 3 is 2.44 bits per heavy atom. The van der Waals surface area contributed by atoms with E-state index in [1.807, 2.05) is 0 Å². The average Bonchev–Trinajstić information content (AvgIpc) is 3.14. The molecule has 2 N–H and O–H groups in total. The van der Waals surface area contributed by atoms with Gasteiger partial charge in [-0.2, -0.15) is 0 Å². The van der Waals surface area contributed by atoms with Crippen LogP contribution in [0.15, 0.2) is 28.7 Å². The summed E-state index contributed by atoms with van der Waals surface area (Å²) in [6.45, 7) is 0.259. The zero-order chi connectivity index (χ0) is 18.2. The third kappa shape index (κ3) is 5.85. The predicted octanol–water partition coefficient (Wildman–Crippen LogP) is 2.48. The Morgan fingerprint density at radius 2 is 1.84 bits per heavy atom. The summed E-state index contributed by atoms with van der Waals surface area (Å²) in [6, 6.07) is 6.20. The van der Waals surface area contributed by atoms with Crippen LogP contribution in [0.1, 0.15) is 43.7 Å².